The van der Waals surface area contributed by atoms with Gasteiger partial charge in [-0.15, -0.1) is 0 Å². The Morgan fingerprint density at radius 2 is 1.03 bits per heavy atom. The summed E-state index contributed by atoms with van der Waals surface area (Å²) in [6, 6.07) is 0. The molecule has 13 heteroatoms. The average molecular weight is 497 g/mol. The first kappa shape index (κ1) is 32.1. The van der Waals surface area contributed by atoms with Crippen molar-refractivity contribution in [1.82, 2.24) is 20.5 Å². The summed E-state index contributed by atoms with van der Waals surface area (Å²) in [5, 5.41) is 7.66. The molecule has 1 atom stereocenters. The fraction of sp³-hybridized carbons (Fsp3) is 1.00. The summed E-state index contributed by atoms with van der Waals surface area (Å²) in [4.78, 5) is 0. The first-order valence-corrected chi connectivity index (χ1v) is 15.5. The highest BCUT2D eigenvalue weighted by Gasteiger charge is 2.39. The van der Waals surface area contributed by atoms with Crippen molar-refractivity contribution in [3.8, 4) is 0 Å². The number of hydroxylamine groups is 6. The molecule has 9 nitrogen and oxygen atoms in total. The molecule has 1 N–H and O–H groups in total. The Hall–Kier alpha value is 0.910. The highest BCUT2D eigenvalue weighted by molar-refractivity contribution is 8.60. The SMILES string of the molecule is CCN(CC)OP(=O)(ON(CC)CC)OP(=S)(S)ON(CC)CC.CCNCC. The van der Waals surface area contributed by atoms with Crippen molar-refractivity contribution in [3.05, 3.63) is 0 Å². The van der Waals surface area contributed by atoms with Gasteiger partial charge in [-0.2, -0.15) is 24.4 Å². The van der Waals surface area contributed by atoms with Crippen molar-refractivity contribution in [3.63, 3.8) is 0 Å². The van der Waals surface area contributed by atoms with Crippen molar-refractivity contribution >= 4 is 37.6 Å². The van der Waals surface area contributed by atoms with Gasteiger partial charge in [-0.05, 0) is 24.9 Å². The third kappa shape index (κ3) is 16.2. The van der Waals surface area contributed by atoms with Gasteiger partial charge in [0.05, 0.1) is 0 Å². The van der Waals surface area contributed by atoms with Gasteiger partial charge in [0.1, 0.15) is 0 Å². The summed E-state index contributed by atoms with van der Waals surface area (Å²) in [5.41, 5.74) is -3.17. The zero-order valence-corrected chi connectivity index (χ0v) is 22.8. The Bertz CT molecular complexity index is 462. The largest absolute Gasteiger partial charge is 0.514 e. The van der Waals surface area contributed by atoms with E-state index in [1.807, 2.05) is 41.5 Å². The molecule has 0 spiro atoms. The van der Waals surface area contributed by atoms with Crippen LogP contribution in [0.25, 0.3) is 0 Å². The highest BCUT2D eigenvalue weighted by Crippen LogP contribution is 2.68. The Morgan fingerprint density at radius 1 is 0.724 bits per heavy atom. The zero-order valence-electron chi connectivity index (χ0n) is 19.3. The first-order chi connectivity index (χ1) is 13.6. The monoisotopic (exact) mass is 496 g/mol. The van der Waals surface area contributed by atoms with Crippen LogP contribution in [0.4, 0.5) is 0 Å². The molecule has 0 fully saturated rings. The molecule has 0 aliphatic carbocycles. The average Bonchev–Trinajstić information content (AvgIpc) is 2.69. The molecule has 0 radical (unpaired) electrons. The molecule has 0 rings (SSSR count). The first-order valence-electron chi connectivity index (χ1n) is 10.3. The predicted octanol–water partition coefficient (Wildman–Crippen LogP) is 4.70. The fourth-order valence-electron chi connectivity index (χ4n) is 1.88. The van der Waals surface area contributed by atoms with E-state index in [-0.39, 0.29) is 0 Å². The molecule has 178 valence electrons. The molecule has 0 saturated heterocycles. The molecule has 0 heterocycles. The molecule has 0 aromatic heterocycles. The van der Waals surface area contributed by atoms with Gasteiger partial charge in [0.25, 0.3) is 5.69 Å². The van der Waals surface area contributed by atoms with Gasteiger partial charge in [0, 0.05) is 39.3 Å². The second-order valence-electron chi connectivity index (χ2n) is 5.54. The summed E-state index contributed by atoms with van der Waals surface area (Å²) in [6.45, 7) is 20.9. The number of phosphoric acid groups is 1. The van der Waals surface area contributed by atoms with E-state index in [1.165, 1.54) is 10.1 Å². The molecule has 0 aromatic rings. The highest BCUT2D eigenvalue weighted by atomic mass is 32.9. The van der Waals surface area contributed by atoms with Crippen LogP contribution in [0.3, 0.4) is 0 Å². The molecule has 0 aliphatic rings. The third-order valence-electron chi connectivity index (χ3n) is 3.47. The van der Waals surface area contributed by atoms with E-state index in [2.05, 4.69) is 31.4 Å². The zero-order chi connectivity index (χ0) is 22.9. The maximum absolute atomic E-state index is 13.1. The molecule has 0 bridgehead atoms. The van der Waals surface area contributed by atoms with E-state index < -0.39 is 13.5 Å². The molecule has 0 aliphatic heterocycles. The number of thiol groups is 1. The molecule has 0 aromatic carbocycles. The summed E-state index contributed by atoms with van der Waals surface area (Å²) in [6.07, 6.45) is 0. The lowest BCUT2D eigenvalue weighted by Gasteiger charge is -2.31. The number of rotatable bonds is 16. The van der Waals surface area contributed by atoms with Gasteiger partial charge >= 0.3 is 7.82 Å². The van der Waals surface area contributed by atoms with Crippen LogP contribution >= 0.6 is 25.8 Å². The molecular formula is C16H42N4O5P2S2. The van der Waals surface area contributed by atoms with Gasteiger partial charge < -0.3 is 5.32 Å². The standard InChI is InChI=1S/C12H31N3O5P2S2.C4H11N/c1-7-13(8-2)17-21(16,18-14(9-3)10-4)20-22(23,24)19-15(11-5)12-6;1-3-5-4-2/h7-12H2,1-6H3,(H,23,24);5H,3-4H2,1-2H3. The van der Waals surface area contributed by atoms with Crippen molar-refractivity contribution in [1.29, 1.82) is 0 Å². The summed E-state index contributed by atoms with van der Waals surface area (Å²) < 4.78 is 35.1. The summed E-state index contributed by atoms with van der Waals surface area (Å²) in [7, 11) is -4.03. The molecule has 0 saturated carbocycles. The van der Waals surface area contributed by atoms with Crippen LogP contribution < -0.4 is 5.32 Å². The van der Waals surface area contributed by atoms with Gasteiger partial charge in [-0.3, -0.25) is 0 Å². The second kappa shape index (κ2) is 18.5. The van der Waals surface area contributed by atoms with E-state index in [4.69, 9.17) is 30.0 Å². The quantitative estimate of drug-likeness (QED) is 0.178. The predicted molar refractivity (Wildman–Crippen MR) is 128 cm³/mol. The van der Waals surface area contributed by atoms with E-state index in [1.54, 1.807) is 5.06 Å². The van der Waals surface area contributed by atoms with E-state index in [0.29, 0.717) is 39.3 Å². The van der Waals surface area contributed by atoms with Crippen molar-refractivity contribution in [2.45, 2.75) is 55.4 Å². The van der Waals surface area contributed by atoms with E-state index in [9.17, 15) is 4.57 Å². The topological polar surface area (TPSA) is 75.7 Å². The van der Waals surface area contributed by atoms with Crippen molar-refractivity contribution in [2.75, 3.05) is 52.4 Å². The third-order valence-corrected chi connectivity index (χ3v) is 8.07. The summed E-state index contributed by atoms with van der Waals surface area (Å²) >= 11 is 9.53. The van der Waals surface area contributed by atoms with Crippen LogP contribution in [0.15, 0.2) is 0 Å². The number of hydrogen-bond acceptors (Lipinski definition) is 10. The van der Waals surface area contributed by atoms with Crippen LogP contribution in [0, 0.1) is 0 Å². The van der Waals surface area contributed by atoms with Crippen LogP contribution in [-0.4, -0.2) is 67.5 Å². The van der Waals surface area contributed by atoms with E-state index in [0.717, 1.165) is 13.1 Å². The minimum atomic E-state index is -4.03. The number of nitrogens with one attached hydrogen (secondary N) is 1. The van der Waals surface area contributed by atoms with Crippen LogP contribution in [0.1, 0.15) is 55.4 Å². The van der Waals surface area contributed by atoms with Crippen LogP contribution in [-0.2, 0) is 34.6 Å². The Labute approximate surface area is 188 Å². The molecule has 1 unspecified atom stereocenters. The Morgan fingerprint density at radius 3 is 1.28 bits per heavy atom. The lowest BCUT2D eigenvalue weighted by molar-refractivity contribution is -0.133. The Kier molecular flexibility index (Phi) is 20.4. The Balaban J connectivity index is 0. The summed E-state index contributed by atoms with van der Waals surface area (Å²) in [5.74, 6) is 0. The molecule has 29 heavy (non-hydrogen) atoms. The lowest BCUT2D eigenvalue weighted by Crippen LogP contribution is -2.28. The minimum Gasteiger partial charge on any atom is -0.317 e. The molecular weight excluding hydrogens is 454 g/mol. The lowest BCUT2D eigenvalue weighted by atomic mass is 10.6. The molecule has 0 amide bonds. The second-order valence-corrected chi connectivity index (χ2v) is 12.4. The van der Waals surface area contributed by atoms with Gasteiger partial charge in [0.15, 0.2) is 0 Å². The normalized spacial score (nSPS) is 14.2. The number of nitrogens with zero attached hydrogens (tertiary/aromatic N) is 3. The van der Waals surface area contributed by atoms with Crippen LogP contribution in [0.2, 0.25) is 0 Å². The van der Waals surface area contributed by atoms with Crippen molar-refractivity contribution in [2.24, 2.45) is 0 Å². The van der Waals surface area contributed by atoms with Gasteiger partial charge in [-0.1, -0.05) is 67.6 Å². The van der Waals surface area contributed by atoms with Crippen LogP contribution in [0.5, 0.6) is 0 Å². The fourth-order valence-corrected chi connectivity index (χ4v) is 6.96. The smallest absolute Gasteiger partial charge is 0.317 e. The number of hydrogen-bond donors (Lipinski definition) is 2. The minimum absolute atomic E-state index is 0.512. The van der Waals surface area contributed by atoms with Gasteiger partial charge in [0.2, 0.25) is 0 Å². The van der Waals surface area contributed by atoms with E-state index >= 15 is 0 Å². The van der Waals surface area contributed by atoms with Crippen molar-refractivity contribution < 1.29 is 22.7 Å². The maximum Gasteiger partial charge on any atom is 0.514 e. The maximum atomic E-state index is 13.1. The van der Waals surface area contributed by atoms with Gasteiger partial charge in [-0.25, -0.2) is 13.5 Å².